The number of carbonyl (C=O) groups excluding carboxylic acids is 2. The van der Waals surface area contributed by atoms with Gasteiger partial charge in [-0.05, 0) is 35.1 Å². The van der Waals surface area contributed by atoms with Crippen molar-refractivity contribution in [2.24, 2.45) is 0 Å². The number of fused-ring (bicyclic) bond motifs is 3. The van der Waals surface area contributed by atoms with E-state index in [1.807, 2.05) is 48.5 Å². The van der Waals surface area contributed by atoms with E-state index in [2.05, 4.69) is 11.2 Å². The van der Waals surface area contributed by atoms with Gasteiger partial charge in [-0.25, -0.2) is 4.79 Å². The summed E-state index contributed by atoms with van der Waals surface area (Å²) in [5.41, 5.74) is 4.33. The van der Waals surface area contributed by atoms with E-state index >= 15 is 0 Å². The van der Waals surface area contributed by atoms with Crippen molar-refractivity contribution in [1.82, 2.24) is 10.2 Å². The molecule has 1 atom stereocenters. The molecule has 2 aliphatic rings. The lowest BCUT2D eigenvalue weighted by atomic mass is 9.98. The van der Waals surface area contributed by atoms with Crippen molar-refractivity contribution in [2.45, 2.75) is 37.3 Å². The van der Waals surface area contributed by atoms with Crippen LogP contribution in [-0.4, -0.2) is 66.4 Å². The SMILES string of the molecule is C#CCOC1CCN(C(=O)C(CC(=O)O)NC(=O)OCC2c3ccccc3-c3ccccc32)CC1. The van der Waals surface area contributed by atoms with Gasteiger partial charge in [0.25, 0.3) is 0 Å². The molecule has 182 valence electrons. The van der Waals surface area contributed by atoms with Gasteiger partial charge in [-0.2, -0.15) is 0 Å². The molecule has 8 heteroatoms. The zero-order valence-electron chi connectivity index (χ0n) is 19.3. The van der Waals surface area contributed by atoms with Crippen molar-refractivity contribution in [1.29, 1.82) is 0 Å². The first kappa shape index (κ1) is 24.3. The van der Waals surface area contributed by atoms with Crippen LogP contribution in [0.2, 0.25) is 0 Å². The second-order valence-corrected chi connectivity index (χ2v) is 8.66. The van der Waals surface area contributed by atoms with Gasteiger partial charge in [0, 0.05) is 19.0 Å². The minimum atomic E-state index is -1.22. The Balaban J connectivity index is 1.37. The van der Waals surface area contributed by atoms with E-state index in [1.165, 1.54) is 0 Å². The Bertz CT molecular complexity index is 1090. The summed E-state index contributed by atoms with van der Waals surface area (Å²) in [5.74, 6) is 0.655. The predicted molar refractivity (Wildman–Crippen MR) is 129 cm³/mol. The number of amides is 2. The molecule has 0 aromatic heterocycles. The van der Waals surface area contributed by atoms with Crippen LogP contribution < -0.4 is 5.32 Å². The summed E-state index contributed by atoms with van der Waals surface area (Å²) in [7, 11) is 0. The number of nitrogens with one attached hydrogen (secondary N) is 1. The summed E-state index contributed by atoms with van der Waals surface area (Å²) in [6.07, 6.45) is 5.02. The quantitative estimate of drug-likeness (QED) is 0.568. The predicted octanol–water partition coefficient (Wildman–Crippen LogP) is 3.01. The van der Waals surface area contributed by atoms with Crippen LogP contribution in [0.4, 0.5) is 4.79 Å². The van der Waals surface area contributed by atoms with Gasteiger partial charge in [0.2, 0.25) is 5.91 Å². The Kier molecular flexibility index (Phi) is 7.68. The van der Waals surface area contributed by atoms with Gasteiger partial charge >= 0.3 is 12.1 Å². The van der Waals surface area contributed by atoms with Gasteiger partial charge in [0.05, 0.1) is 12.5 Å². The van der Waals surface area contributed by atoms with Crippen LogP contribution in [0.5, 0.6) is 0 Å². The molecule has 2 N–H and O–H groups in total. The number of hydrogen-bond acceptors (Lipinski definition) is 5. The maximum absolute atomic E-state index is 13.0. The fourth-order valence-corrected chi connectivity index (χ4v) is 4.79. The number of benzene rings is 2. The highest BCUT2D eigenvalue weighted by atomic mass is 16.5. The first-order valence-electron chi connectivity index (χ1n) is 11.6. The molecule has 8 nitrogen and oxygen atoms in total. The third kappa shape index (κ3) is 5.64. The molecule has 0 spiro atoms. The number of carboxylic acid groups (broad SMARTS) is 1. The summed E-state index contributed by atoms with van der Waals surface area (Å²) in [6, 6.07) is 14.7. The Morgan fingerprint density at radius 3 is 2.23 bits per heavy atom. The van der Waals surface area contributed by atoms with Crippen molar-refractivity contribution >= 4 is 18.0 Å². The van der Waals surface area contributed by atoms with Crippen LogP contribution >= 0.6 is 0 Å². The fourth-order valence-electron chi connectivity index (χ4n) is 4.79. The Hall–Kier alpha value is -3.83. The van der Waals surface area contributed by atoms with Crippen LogP contribution in [-0.2, 0) is 19.1 Å². The Morgan fingerprint density at radius 2 is 1.66 bits per heavy atom. The lowest BCUT2D eigenvalue weighted by Gasteiger charge is -2.33. The number of piperidine rings is 1. The summed E-state index contributed by atoms with van der Waals surface area (Å²) in [4.78, 5) is 38.6. The maximum Gasteiger partial charge on any atom is 0.407 e. The number of alkyl carbamates (subject to hydrolysis) is 1. The van der Waals surface area contributed by atoms with Gasteiger partial charge < -0.3 is 24.8 Å². The second kappa shape index (κ2) is 11.1. The highest BCUT2D eigenvalue weighted by Crippen LogP contribution is 2.44. The first-order chi connectivity index (χ1) is 17.0. The average Bonchev–Trinajstić information content (AvgIpc) is 3.19. The molecule has 0 bridgehead atoms. The number of rotatable bonds is 8. The topological polar surface area (TPSA) is 105 Å². The Labute approximate surface area is 204 Å². The largest absolute Gasteiger partial charge is 0.481 e. The van der Waals surface area contributed by atoms with E-state index < -0.39 is 30.4 Å². The fraction of sp³-hybridized carbons (Fsp3) is 0.370. The van der Waals surface area contributed by atoms with Crippen LogP contribution in [0.25, 0.3) is 11.1 Å². The van der Waals surface area contributed by atoms with Gasteiger partial charge in [0.15, 0.2) is 0 Å². The van der Waals surface area contributed by atoms with E-state index in [0.29, 0.717) is 25.9 Å². The van der Waals surface area contributed by atoms with E-state index in [9.17, 15) is 19.5 Å². The standard InChI is InChI=1S/C27H28N2O6/c1-2-15-34-18-11-13-29(14-12-18)26(32)24(16-25(30)31)28-27(33)35-17-23-21-9-5-3-7-19(21)20-8-4-6-10-22(20)23/h1,3-10,18,23-24H,11-17H2,(H,28,33)(H,30,31). The minimum Gasteiger partial charge on any atom is -0.481 e. The zero-order valence-corrected chi connectivity index (χ0v) is 19.3. The normalized spacial score (nSPS) is 16.0. The van der Waals surface area contributed by atoms with Crippen molar-refractivity contribution in [3.8, 4) is 23.5 Å². The molecule has 0 saturated carbocycles. The molecule has 2 amide bonds. The molecule has 1 saturated heterocycles. The molecule has 2 aromatic carbocycles. The smallest absolute Gasteiger partial charge is 0.407 e. The van der Waals surface area contributed by atoms with Crippen LogP contribution in [0, 0.1) is 12.3 Å². The lowest BCUT2D eigenvalue weighted by Crippen LogP contribution is -2.52. The minimum absolute atomic E-state index is 0.0388. The van der Waals surface area contributed by atoms with Crippen LogP contribution in [0.1, 0.15) is 36.3 Å². The van der Waals surface area contributed by atoms with E-state index in [4.69, 9.17) is 15.9 Å². The van der Waals surface area contributed by atoms with Gasteiger partial charge in [0.1, 0.15) is 19.3 Å². The number of nitrogens with zero attached hydrogens (tertiary/aromatic N) is 1. The van der Waals surface area contributed by atoms with Crippen LogP contribution in [0.3, 0.4) is 0 Å². The third-order valence-electron chi connectivity index (χ3n) is 6.47. The van der Waals surface area contributed by atoms with Crippen molar-refractivity contribution in [3.05, 3.63) is 59.7 Å². The summed E-state index contributed by atoms with van der Waals surface area (Å²) < 4.78 is 11.0. The van der Waals surface area contributed by atoms with Crippen molar-refractivity contribution < 1.29 is 29.0 Å². The van der Waals surface area contributed by atoms with Crippen molar-refractivity contribution in [2.75, 3.05) is 26.3 Å². The monoisotopic (exact) mass is 476 g/mol. The molecule has 1 aliphatic carbocycles. The molecule has 1 aliphatic heterocycles. The highest BCUT2D eigenvalue weighted by molar-refractivity contribution is 5.89. The molecule has 35 heavy (non-hydrogen) atoms. The zero-order chi connectivity index (χ0) is 24.8. The summed E-state index contributed by atoms with van der Waals surface area (Å²) in [6.45, 7) is 1.09. The molecule has 1 heterocycles. The molecular weight excluding hydrogens is 448 g/mol. The van der Waals surface area contributed by atoms with Gasteiger partial charge in [-0.3, -0.25) is 9.59 Å². The molecule has 1 fully saturated rings. The summed E-state index contributed by atoms with van der Waals surface area (Å²) >= 11 is 0. The number of likely N-dealkylation sites (tertiary alicyclic amines) is 1. The summed E-state index contributed by atoms with van der Waals surface area (Å²) in [5, 5.41) is 11.8. The van der Waals surface area contributed by atoms with Gasteiger partial charge in [-0.15, -0.1) is 6.42 Å². The molecule has 0 radical (unpaired) electrons. The number of aliphatic carboxylic acids is 1. The first-order valence-corrected chi connectivity index (χ1v) is 11.6. The molecular formula is C27H28N2O6. The third-order valence-corrected chi connectivity index (χ3v) is 6.47. The van der Waals surface area contributed by atoms with Gasteiger partial charge in [-0.1, -0.05) is 54.5 Å². The van der Waals surface area contributed by atoms with E-state index in [1.54, 1.807) is 4.90 Å². The number of carboxylic acids is 1. The molecule has 1 unspecified atom stereocenters. The Morgan fingerprint density at radius 1 is 1.06 bits per heavy atom. The van der Waals surface area contributed by atoms with E-state index in [-0.39, 0.29) is 25.2 Å². The average molecular weight is 477 g/mol. The highest BCUT2D eigenvalue weighted by Gasteiger charge is 2.33. The number of hydrogen-bond donors (Lipinski definition) is 2. The lowest BCUT2D eigenvalue weighted by molar-refractivity contribution is -0.143. The molecule has 4 rings (SSSR count). The van der Waals surface area contributed by atoms with E-state index in [0.717, 1.165) is 22.3 Å². The van der Waals surface area contributed by atoms with Crippen molar-refractivity contribution in [3.63, 3.8) is 0 Å². The number of terminal acetylenes is 1. The number of ether oxygens (including phenoxy) is 2. The number of carbonyl (C=O) groups is 3. The second-order valence-electron chi connectivity index (χ2n) is 8.66. The van der Waals surface area contributed by atoms with Crippen LogP contribution in [0.15, 0.2) is 48.5 Å². The maximum atomic E-state index is 13.0. The molecule has 2 aromatic rings.